The summed E-state index contributed by atoms with van der Waals surface area (Å²) in [6.07, 6.45) is 1.11. The fraction of sp³-hybridized carbons (Fsp3) is 0.0833. The first-order valence-corrected chi connectivity index (χ1v) is 7.06. The number of rotatable bonds is 4. The van der Waals surface area contributed by atoms with Crippen molar-refractivity contribution in [3.63, 3.8) is 0 Å². The van der Waals surface area contributed by atoms with Crippen molar-refractivity contribution >= 4 is 28.7 Å². The summed E-state index contributed by atoms with van der Waals surface area (Å²) in [7, 11) is 0. The highest BCUT2D eigenvalue weighted by atomic mass is 35.5. The molecule has 1 unspecified atom stereocenters. The summed E-state index contributed by atoms with van der Waals surface area (Å²) >= 11 is 3.92. The topological polar surface area (TPSA) is 100 Å². The van der Waals surface area contributed by atoms with Crippen LogP contribution in [0.15, 0.2) is 30.5 Å². The van der Waals surface area contributed by atoms with E-state index in [4.69, 9.17) is 21.3 Å². The van der Waals surface area contributed by atoms with Crippen molar-refractivity contribution in [1.29, 1.82) is 0 Å². The molecule has 1 heterocycles. The van der Waals surface area contributed by atoms with Crippen molar-refractivity contribution in [2.75, 3.05) is 0 Å². The second kappa shape index (κ2) is 6.08. The number of nitrogens with zero attached hydrogens (tertiary/aromatic N) is 2. The lowest BCUT2D eigenvalue weighted by Gasteiger charge is -2.08. The lowest BCUT2D eigenvalue weighted by Crippen LogP contribution is -2.08. The van der Waals surface area contributed by atoms with Crippen LogP contribution >= 0.6 is 11.6 Å². The monoisotopic (exact) mass is 312 g/mol. The Hall–Kier alpha value is -1.83. The van der Waals surface area contributed by atoms with Gasteiger partial charge < -0.3 is 9.66 Å². The molecule has 0 amide bonds. The summed E-state index contributed by atoms with van der Waals surface area (Å²) in [6.45, 7) is 0. The van der Waals surface area contributed by atoms with Crippen LogP contribution in [0.2, 0.25) is 5.02 Å². The van der Waals surface area contributed by atoms with Crippen LogP contribution in [0.4, 0.5) is 0 Å². The van der Waals surface area contributed by atoms with E-state index in [0.717, 1.165) is 6.20 Å². The van der Waals surface area contributed by atoms with Crippen LogP contribution in [0.5, 0.6) is 0 Å². The molecule has 2 aromatic rings. The van der Waals surface area contributed by atoms with Crippen LogP contribution in [0, 0.1) is 0 Å². The molecule has 1 aromatic carbocycles. The Labute approximate surface area is 121 Å². The number of carbonyl (C=O) groups is 1. The van der Waals surface area contributed by atoms with E-state index in [1.165, 1.54) is 0 Å². The van der Waals surface area contributed by atoms with E-state index in [9.17, 15) is 9.00 Å². The molecule has 0 aliphatic heterocycles. The van der Waals surface area contributed by atoms with Gasteiger partial charge in [-0.2, -0.15) is 0 Å². The lowest BCUT2D eigenvalue weighted by atomic mass is 10.1. The molecule has 0 spiro atoms. The maximum absolute atomic E-state index is 11.2. The molecule has 6 nitrogen and oxygen atoms in total. The van der Waals surface area contributed by atoms with Crippen LogP contribution in [0.25, 0.3) is 11.3 Å². The Bertz CT molecular complexity index is 693. The smallest absolute Gasteiger partial charge is 0.339 e. The normalized spacial score (nSPS) is 12.1. The van der Waals surface area contributed by atoms with Gasteiger partial charge in [-0.3, -0.25) is 0 Å². The Morgan fingerprint density at radius 3 is 2.65 bits per heavy atom. The van der Waals surface area contributed by atoms with Crippen molar-refractivity contribution in [1.82, 2.24) is 9.97 Å². The number of aromatic carboxylic acids is 1. The summed E-state index contributed by atoms with van der Waals surface area (Å²) in [5.74, 6) is -1.40. The van der Waals surface area contributed by atoms with E-state index >= 15 is 0 Å². The third-order valence-electron chi connectivity index (χ3n) is 2.45. The summed E-state index contributed by atoms with van der Waals surface area (Å²) in [5.41, 5.74) is 0.433. The van der Waals surface area contributed by atoms with Gasteiger partial charge in [-0.1, -0.05) is 29.8 Å². The molecule has 0 radical (unpaired) electrons. The maximum Gasteiger partial charge on any atom is 0.339 e. The first kappa shape index (κ1) is 14.6. The van der Waals surface area contributed by atoms with Crippen molar-refractivity contribution < 1.29 is 18.7 Å². The van der Waals surface area contributed by atoms with Crippen LogP contribution in [0.1, 0.15) is 16.2 Å². The maximum atomic E-state index is 11.2. The minimum Gasteiger partial charge on any atom is -0.478 e. The first-order chi connectivity index (χ1) is 9.49. The lowest BCUT2D eigenvalue weighted by molar-refractivity contribution is 0.0697. The largest absolute Gasteiger partial charge is 0.478 e. The van der Waals surface area contributed by atoms with Gasteiger partial charge in [0.25, 0.3) is 0 Å². The molecule has 0 saturated heterocycles. The summed E-state index contributed by atoms with van der Waals surface area (Å²) in [5, 5.41) is 9.50. The number of halogens is 1. The molecule has 1 aromatic heterocycles. The predicted molar refractivity (Wildman–Crippen MR) is 73.9 cm³/mol. The van der Waals surface area contributed by atoms with Gasteiger partial charge in [0.15, 0.2) is 11.1 Å². The van der Waals surface area contributed by atoms with Crippen molar-refractivity contribution in [2.24, 2.45) is 0 Å². The fourth-order valence-electron chi connectivity index (χ4n) is 1.61. The Kier molecular flexibility index (Phi) is 4.43. The summed E-state index contributed by atoms with van der Waals surface area (Å²) in [4.78, 5) is 19.0. The SMILES string of the molecule is O=C(O)c1cnc(CS(=O)O)nc1-c1ccccc1Cl. The van der Waals surface area contributed by atoms with Crippen LogP contribution in [-0.2, 0) is 16.8 Å². The highest BCUT2D eigenvalue weighted by Gasteiger charge is 2.17. The number of aromatic nitrogens is 2. The number of hydrogen-bond donors (Lipinski definition) is 2. The van der Waals surface area contributed by atoms with E-state index in [1.807, 2.05) is 0 Å². The molecular formula is C12H9ClN2O4S. The number of benzene rings is 1. The van der Waals surface area contributed by atoms with E-state index in [-0.39, 0.29) is 22.8 Å². The first-order valence-electron chi connectivity index (χ1n) is 5.40. The van der Waals surface area contributed by atoms with E-state index in [0.29, 0.717) is 10.6 Å². The third kappa shape index (κ3) is 3.19. The molecule has 20 heavy (non-hydrogen) atoms. The van der Waals surface area contributed by atoms with Gasteiger partial charge in [0, 0.05) is 16.8 Å². The van der Waals surface area contributed by atoms with Crippen LogP contribution in [0.3, 0.4) is 0 Å². The Morgan fingerprint density at radius 1 is 1.35 bits per heavy atom. The van der Waals surface area contributed by atoms with Crippen LogP contribution in [-0.4, -0.2) is 29.8 Å². The molecule has 0 fully saturated rings. The zero-order valence-electron chi connectivity index (χ0n) is 9.99. The number of hydrogen-bond acceptors (Lipinski definition) is 4. The Balaban J connectivity index is 2.61. The highest BCUT2D eigenvalue weighted by Crippen LogP contribution is 2.28. The zero-order valence-corrected chi connectivity index (χ0v) is 11.6. The predicted octanol–water partition coefficient (Wildman–Crippen LogP) is 2.22. The van der Waals surface area contributed by atoms with Gasteiger partial charge in [0.05, 0.1) is 5.69 Å². The van der Waals surface area contributed by atoms with Gasteiger partial charge in [0.2, 0.25) is 0 Å². The van der Waals surface area contributed by atoms with Crippen molar-refractivity contribution in [3.05, 3.63) is 46.9 Å². The molecule has 2 N–H and O–H groups in total. The molecular weight excluding hydrogens is 304 g/mol. The minimum absolute atomic E-state index is 0.0748. The standard InChI is InChI=1S/C12H9ClN2O4S/c13-9-4-2-1-3-7(9)11-8(12(16)17)5-14-10(15-11)6-20(18)19/h1-5H,6H2,(H,16,17)(H,18,19). The van der Waals surface area contributed by atoms with Crippen molar-refractivity contribution in [2.45, 2.75) is 5.75 Å². The molecule has 2 rings (SSSR count). The zero-order chi connectivity index (χ0) is 14.7. The van der Waals surface area contributed by atoms with Crippen molar-refractivity contribution in [3.8, 4) is 11.3 Å². The number of carboxylic acid groups (broad SMARTS) is 1. The van der Waals surface area contributed by atoms with Gasteiger partial charge >= 0.3 is 5.97 Å². The van der Waals surface area contributed by atoms with E-state index in [2.05, 4.69) is 9.97 Å². The molecule has 1 atom stereocenters. The molecule has 0 aliphatic carbocycles. The summed E-state index contributed by atoms with van der Waals surface area (Å²) in [6, 6.07) is 6.63. The third-order valence-corrected chi connectivity index (χ3v) is 3.29. The van der Waals surface area contributed by atoms with Gasteiger partial charge in [0.1, 0.15) is 17.1 Å². The van der Waals surface area contributed by atoms with Crippen LogP contribution < -0.4 is 0 Å². The highest BCUT2D eigenvalue weighted by molar-refractivity contribution is 7.78. The molecule has 104 valence electrons. The molecule has 0 saturated carbocycles. The molecule has 0 bridgehead atoms. The van der Waals surface area contributed by atoms with E-state index < -0.39 is 17.0 Å². The van der Waals surface area contributed by atoms with Gasteiger partial charge in [-0.05, 0) is 6.07 Å². The molecule has 8 heteroatoms. The average Bonchev–Trinajstić information content (AvgIpc) is 2.38. The average molecular weight is 313 g/mol. The summed E-state index contributed by atoms with van der Waals surface area (Å²) < 4.78 is 19.6. The number of carboxylic acids is 1. The minimum atomic E-state index is -2.11. The fourth-order valence-corrected chi connectivity index (χ4v) is 2.20. The van der Waals surface area contributed by atoms with E-state index in [1.54, 1.807) is 24.3 Å². The van der Waals surface area contributed by atoms with Gasteiger partial charge in [-0.25, -0.2) is 19.0 Å². The second-order valence-corrected chi connectivity index (χ2v) is 5.14. The molecule has 0 aliphatic rings. The quantitative estimate of drug-likeness (QED) is 0.840. The second-order valence-electron chi connectivity index (χ2n) is 3.80. The van der Waals surface area contributed by atoms with Gasteiger partial charge in [-0.15, -0.1) is 0 Å². The Morgan fingerprint density at radius 2 is 2.05 bits per heavy atom.